The SMILES string of the molecule is O=C1/C(=C\c2ccc(Cl)cc2)Oc2ccccc21. The average Bonchev–Trinajstić information content (AvgIpc) is 2.70. The fourth-order valence-electron chi connectivity index (χ4n) is 1.85. The lowest BCUT2D eigenvalue weighted by molar-refractivity contribution is 0.101. The number of hydrogen-bond donors (Lipinski definition) is 0. The first-order chi connectivity index (χ1) is 8.74. The molecule has 0 spiro atoms. The highest BCUT2D eigenvalue weighted by Crippen LogP contribution is 2.31. The minimum absolute atomic E-state index is 0.0828. The first kappa shape index (κ1) is 11.1. The van der Waals surface area contributed by atoms with E-state index in [0.717, 1.165) is 5.56 Å². The molecule has 0 unspecified atom stereocenters. The minimum Gasteiger partial charge on any atom is -0.452 e. The Hall–Kier alpha value is -2.06. The molecule has 2 aromatic rings. The second-order valence-electron chi connectivity index (χ2n) is 3.99. The van der Waals surface area contributed by atoms with Crippen molar-refractivity contribution in [2.75, 3.05) is 0 Å². The van der Waals surface area contributed by atoms with Crippen LogP contribution in [0.2, 0.25) is 5.02 Å². The number of rotatable bonds is 1. The van der Waals surface area contributed by atoms with Crippen molar-refractivity contribution in [1.29, 1.82) is 0 Å². The van der Waals surface area contributed by atoms with Gasteiger partial charge in [0.25, 0.3) is 0 Å². The molecule has 3 rings (SSSR count). The Morgan fingerprint density at radius 3 is 2.44 bits per heavy atom. The van der Waals surface area contributed by atoms with Crippen molar-refractivity contribution in [1.82, 2.24) is 0 Å². The van der Waals surface area contributed by atoms with Gasteiger partial charge < -0.3 is 4.74 Å². The average molecular weight is 257 g/mol. The fourth-order valence-corrected chi connectivity index (χ4v) is 1.97. The van der Waals surface area contributed by atoms with Crippen LogP contribution in [0.4, 0.5) is 0 Å². The zero-order valence-electron chi connectivity index (χ0n) is 9.39. The van der Waals surface area contributed by atoms with E-state index in [-0.39, 0.29) is 5.78 Å². The van der Waals surface area contributed by atoms with Crippen LogP contribution < -0.4 is 4.74 Å². The van der Waals surface area contributed by atoms with Gasteiger partial charge in [0.05, 0.1) is 5.56 Å². The number of carbonyl (C=O) groups is 1. The predicted octanol–water partition coefficient (Wildman–Crippen LogP) is 3.96. The topological polar surface area (TPSA) is 26.3 Å². The molecule has 0 aromatic heterocycles. The Labute approximate surface area is 109 Å². The summed E-state index contributed by atoms with van der Waals surface area (Å²) in [5, 5.41) is 0.666. The van der Waals surface area contributed by atoms with Crippen molar-refractivity contribution >= 4 is 23.5 Å². The number of fused-ring (bicyclic) bond motifs is 1. The van der Waals surface area contributed by atoms with Gasteiger partial charge in [-0.1, -0.05) is 35.9 Å². The lowest BCUT2D eigenvalue weighted by atomic mass is 10.1. The molecule has 0 amide bonds. The summed E-state index contributed by atoms with van der Waals surface area (Å²) in [4.78, 5) is 12.0. The lowest BCUT2D eigenvalue weighted by Gasteiger charge is -1.98. The standard InChI is InChI=1S/C15H9ClO2/c16-11-7-5-10(6-8-11)9-14-15(17)12-3-1-2-4-13(12)18-14/h1-9H/b14-9+. The lowest BCUT2D eigenvalue weighted by Crippen LogP contribution is -1.97. The summed E-state index contributed by atoms with van der Waals surface area (Å²) in [5.41, 5.74) is 1.49. The Bertz CT molecular complexity index is 642. The van der Waals surface area contributed by atoms with Gasteiger partial charge >= 0.3 is 0 Å². The smallest absolute Gasteiger partial charge is 0.231 e. The molecule has 0 atom stereocenters. The quantitative estimate of drug-likeness (QED) is 0.722. The summed E-state index contributed by atoms with van der Waals surface area (Å²) in [6.45, 7) is 0. The molecule has 0 saturated heterocycles. The summed E-state index contributed by atoms with van der Waals surface area (Å²) in [6.07, 6.45) is 1.72. The summed E-state index contributed by atoms with van der Waals surface area (Å²) >= 11 is 5.81. The number of allylic oxidation sites excluding steroid dienone is 1. The summed E-state index contributed by atoms with van der Waals surface area (Å²) in [6, 6.07) is 14.5. The predicted molar refractivity (Wildman–Crippen MR) is 70.8 cm³/mol. The number of halogens is 1. The molecule has 1 aliphatic rings. The molecule has 2 nitrogen and oxygen atoms in total. The van der Waals surface area contributed by atoms with Crippen LogP contribution in [0.25, 0.3) is 6.08 Å². The molecule has 88 valence electrons. The van der Waals surface area contributed by atoms with Gasteiger partial charge in [0.15, 0.2) is 5.76 Å². The Balaban J connectivity index is 1.97. The van der Waals surface area contributed by atoms with E-state index in [1.54, 1.807) is 30.3 Å². The van der Waals surface area contributed by atoms with E-state index in [2.05, 4.69) is 0 Å². The summed E-state index contributed by atoms with van der Waals surface area (Å²) in [5.74, 6) is 0.877. The molecule has 3 heteroatoms. The normalized spacial score (nSPS) is 15.6. The van der Waals surface area contributed by atoms with Gasteiger partial charge in [-0.05, 0) is 35.9 Å². The van der Waals surface area contributed by atoms with Crippen molar-refractivity contribution in [3.63, 3.8) is 0 Å². The van der Waals surface area contributed by atoms with E-state index in [4.69, 9.17) is 16.3 Å². The van der Waals surface area contributed by atoms with E-state index in [9.17, 15) is 4.79 Å². The first-order valence-corrected chi connectivity index (χ1v) is 5.91. The number of benzene rings is 2. The zero-order valence-corrected chi connectivity index (χ0v) is 10.1. The molecule has 0 fully saturated rings. The van der Waals surface area contributed by atoms with E-state index in [1.165, 1.54) is 0 Å². The maximum absolute atomic E-state index is 12.0. The number of Topliss-reactive ketones (excluding diaryl/α,β-unsaturated/α-hetero) is 1. The second kappa shape index (κ2) is 4.31. The monoisotopic (exact) mass is 256 g/mol. The molecular weight excluding hydrogens is 248 g/mol. The van der Waals surface area contributed by atoms with Gasteiger partial charge in [-0.25, -0.2) is 0 Å². The highest BCUT2D eigenvalue weighted by Gasteiger charge is 2.26. The van der Waals surface area contributed by atoms with Crippen LogP contribution in [-0.2, 0) is 0 Å². The third kappa shape index (κ3) is 1.91. The van der Waals surface area contributed by atoms with E-state index >= 15 is 0 Å². The number of ketones is 1. The molecule has 0 N–H and O–H groups in total. The molecule has 0 aliphatic carbocycles. The second-order valence-corrected chi connectivity index (χ2v) is 4.42. The van der Waals surface area contributed by atoms with Gasteiger partial charge in [0.2, 0.25) is 5.78 Å². The van der Waals surface area contributed by atoms with Crippen LogP contribution >= 0.6 is 11.6 Å². The van der Waals surface area contributed by atoms with E-state index in [0.29, 0.717) is 22.1 Å². The maximum Gasteiger partial charge on any atom is 0.231 e. The van der Waals surface area contributed by atoms with Crippen molar-refractivity contribution in [2.24, 2.45) is 0 Å². The van der Waals surface area contributed by atoms with E-state index in [1.807, 2.05) is 24.3 Å². The Morgan fingerprint density at radius 1 is 1.00 bits per heavy atom. The first-order valence-electron chi connectivity index (χ1n) is 5.53. The summed E-state index contributed by atoms with van der Waals surface area (Å²) in [7, 11) is 0. The molecule has 0 bridgehead atoms. The van der Waals surface area contributed by atoms with Crippen molar-refractivity contribution in [3.8, 4) is 5.75 Å². The van der Waals surface area contributed by atoms with Crippen LogP contribution in [0.15, 0.2) is 54.3 Å². The maximum atomic E-state index is 12.0. The highest BCUT2D eigenvalue weighted by atomic mass is 35.5. The highest BCUT2D eigenvalue weighted by molar-refractivity contribution is 6.30. The number of para-hydroxylation sites is 1. The van der Waals surface area contributed by atoms with Gasteiger partial charge in [0.1, 0.15) is 5.75 Å². The fraction of sp³-hybridized carbons (Fsp3) is 0. The molecule has 0 saturated carbocycles. The molecule has 18 heavy (non-hydrogen) atoms. The molecule has 0 radical (unpaired) electrons. The molecule has 1 aliphatic heterocycles. The number of ether oxygens (including phenoxy) is 1. The Morgan fingerprint density at radius 2 is 1.72 bits per heavy atom. The number of hydrogen-bond acceptors (Lipinski definition) is 2. The molecular formula is C15H9ClO2. The van der Waals surface area contributed by atoms with Gasteiger partial charge in [-0.2, -0.15) is 0 Å². The van der Waals surface area contributed by atoms with Gasteiger partial charge in [-0.3, -0.25) is 4.79 Å². The largest absolute Gasteiger partial charge is 0.452 e. The van der Waals surface area contributed by atoms with Gasteiger partial charge in [-0.15, -0.1) is 0 Å². The van der Waals surface area contributed by atoms with Crippen LogP contribution in [0.5, 0.6) is 5.75 Å². The van der Waals surface area contributed by atoms with Crippen molar-refractivity contribution in [3.05, 3.63) is 70.4 Å². The third-order valence-electron chi connectivity index (χ3n) is 2.74. The van der Waals surface area contributed by atoms with E-state index < -0.39 is 0 Å². The minimum atomic E-state index is -0.0828. The van der Waals surface area contributed by atoms with Crippen LogP contribution in [-0.4, -0.2) is 5.78 Å². The summed E-state index contributed by atoms with van der Waals surface area (Å²) < 4.78 is 5.53. The zero-order chi connectivity index (χ0) is 12.5. The van der Waals surface area contributed by atoms with Gasteiger partial charge in [0, 0.05) is 5.02 Å². The number of carbonyl (C=O) groups excluding carboxylic acids is 1. The van der Waals surface area contributed by atoms with Crippen LogP contribution in [0.1, 0.15) is 15.9 Å². The molecule has 2 aromatic carbocycles. The molecule has 1 heterocycles. The third-order valence-corrected chi connectivity index (χ3v) is 3.00. The van der Waals surface area contributed by atoms with Crippen LogP contribution in [0.3, 0.4) is 0 Å². The van der Waals surface area contributed by atoms with Crippen LogP contribution in [0, 0.1) is 0 Å². The van der Waals surface area contributed by atoms with Crippen molar-refractivity contribution in [2.45, 2.75) is 0 Å². The Kier molecular flexibility index (Phi) is 2.65. The van der Waals surface area contributed by atoms with Crippen molar-refractivity contribution < 1.29 is 9.53 Å².